The Hall–Kier alpha value is -6.50. The number of hydrogen-bond acceptors (Lipinski definition) is 9. The first-order chi connectivity index (χ1) is 25.9. The Bertz CT molecular complexity index is 1890. The van der Waals surface area contributed by atoms with Crippen LogP contribution in [0, 0.1) is 0 Å². The van der Waals surface area contributed by atoms with E-state index in [1.54, 1.807) is 48.5 Å². The van der Waals surface area contributed by atoms with E-state index in [1.807, 2.05) is 60.7 Å². The molecule has 3 heterocycles. The van der Waals surface area contributed by atoms with Gasteiger partial charge in [-0.3, -0.25) is 19.4 Å². The van der Waals surface area contributed by atoms with Crippen LogP contribution in [0.4, 0.5) is 21.0 Å². The van der Waals surface area contributed by atoms with Gasteiger partial charge >= 0.3 is 12.2 Å². The second-order valence-electron chi connectivity index (χ2n) is 12.8. The highest BCUT2D eigenvalue weighted by atomic mass is 16.6. The number of ether oxygens (including phenoxy) is 2. The van der Waals surface area contributed by atoms with E-state index >= 15 is 0 Å². The zero-order valence-corrected chi connectivity index (χ0v) is 28.9. The molecule has 13 nitrogen and oxygen atoms in total. The fraction of sp³-hybridized carbons (Fsp3) is 0.250. The highest BCUT2D eigenvalue weighted by Crippen LogP contribution is 2.28. The Labute approximate surface area is 305 Å². The van der Waals surface area contributed by atoms with Gasteiger partial charge in [-0.1, -0.05) is 60.7 Å². The van der Waals surface area contributed by atoms with Crippen molar-refractivity contribution in [3.05, 3.63) is 120 Å². The molecule has 0 aliphatic carbocycles. The lowest BCUT2D eigenvalue weighted by molar-refractivity contribution is -0.120. The number of hydrogen-bond donors (Lipinski definition) is 2. The summed E-state index contributed by atoms with van der Waals surface area (Å²) in [5.74, 6) is 0.0137. The van der Waals surface area contributed by atoms with Crippen LogP contribution in [-0.2, 0) is 32.3 Å². The number of nitrogens with one attached hydrogen (secondary N) is 2. The van der Waals surface area contributed by atoms with Gasteiger partial charge in [-0.25, -0.2) is 9.59 Å². The number of benzene rings is 4. The Morgan fingerprint density at radius 2 is 0.981 bits per heavy atom. The molecule has 7 rings (SSSR count). The molecule has 2 aliphatic rings. The molecule has 4 aromatic carbocycles. The highest BCUT2D eigenvalue weighted by Gasteiger charge is 2.36. The lowest BCUT2D eigenvalue weighted by atomic mass is 10.1. The van der Waals surface area contributed by atoms with Crippen LogP contribution in [0.3, 0.4) is 0 Å². The number of likely N-dealkylation sites (tertiary alicyclic amines) is 2. The summed E-state index contributed by atoms with van der Waals surface area (Å²) in [6.45, 7) is 1.19. The molecular formula is C40H38N6O7. The van der Waals surface area contributed by atoms with Gasteiger partial charge in [0.2, 0.25) is 23.6 Å². The fourth-order valence-electron chi connectivity index (χ4n) is 6.42. The standard InChI is InChI=1S/C40H38N6O7/c47-35(33-13-7-23-45(33)39(49)51-25-27-9-3-1-4-10-27)41-31-19-15-29(16-20-31)37-43-44-38(53-37)30-17-21-32(22-18-30)42-36(48)34-14-8-24-46(34)40(50)52-26-28-11-5-2-6-12-28/h1-6,9-12,15-22,33-34H,7-8,13-14,23-26H2,(H,41,47)(H,42,48). The Morgan fingerprint density at radius 1 is 0.585 bits per heavy atom. The van der Waals surface area contributed by atoms with Gasteiger partial charge in [0.05, 0.1) is 0 Å². The van der Waals surface area contributed by atoms with Crippen molar-refractivity contribution in [2.75, 3.05) is 23.7 Å². The molecule has 2 unspecified atom stereocenters. The van der Waals surface area contributed by atoms with E-state index in [-0.39, 0.29) is 25.0 Å². The van der Waals surface area contributed by atoms with Crippen LogP contribution in [0.25, 0.3) is 22.9 Å². The lowest BCUT2D eigenvalue weighted by Gasteiger charge is -2.23. The predicted molar refractivity (Wildman–Crippen MR) is 195 cm³/mol. The Kier molecular flexibility index (Phi) is 10.7. The van der Waals surface area contributed by atoms with Gasteiger partial charge in [0, 0.05) is 35.6 Å². The van der Waals surface area contributed by atoms with E-state index in [9.17, 15) is 19.2 Å². The maximum Gasteiger partial charge on any atom is 0.410 e. The maximum absolute atomic E-state index is 13.1. The van der Waals surface area contributed by atoms with E-state index in [4.69, 9.17) is 13.9 Å². The van der Waals surface area contributed by atoms with Crippen molar-refractivity contribution < 1.29 is 33.1 Å². The van der Waals surface area contributed by atoms with Crippen LogP contribution in [0.1, 0.15) is 36.8 Å². The number of amides is 4. The zero-order valence-electron chi connectivity index (χ0n) is 28.9. The van der Waals surface area contributed by atoms with E-state index in [1.165, 1.54) is 9.80 Å². The summed E-state index contributed by atoms with van der Waals surface area (Å²) in [6.07, 6.45) is 1.50. The van der Waals surface area contributed by atoms with Crippen LogP contribution < -0.4 is 10.6 Å². The minimum Gasteiger partial charge on any atom is -0.445 e. The zero-order chi connectivity index (χ0) is 36.6. The molecule has 2 saturated heterocycles. The Morgan fingerprint density at radius 3 is 1.38 bits per heavy atom. The minimum atomic E-state index is -0.623. The second-order valence-corrected chi connectivity index (χ2v) is 12.8. The highest BCUT2D eigenvalue weighted by molar-refractivity contribution is 5.97. The van der Waals surface area contributed by atoms with Gasteiger partial charge in [0.25, 0.3) is 0 Å². The van der Waals surface area contributed by atoms with Crippen LogP contribution in [-0.4, -0.2) is 69.2 Å². The number of rotatable bonds is 10. The Balaban J connectivity index is 0.904. The SMILES string of the molecule is O=C(Nc1ccc(-c2nnc(-c3ccc(NC(=O)C4CCCN4C(=O)OCc4ccccc4)cc3)o2)cc1)C1CCCN1C(=O)OCc1ccccc1. The quantitative estimate of drug-likeness (QED) is 0.157. The van der Waals surface area contributed by atoms with E-state index in [0.29, 0.717) is 73.1 Å². The molecule has 0 saturated carbocycles. The number of anilines is 2. The molecule has 1 aromatic heterocycles. The monoisotopic (exact) mass is 714 g/mol. The van der Waals surface area contributed by atoms with E-state index in [0.717, 1.165) is 11.1 Å². The maximum atomic E-state index is 13.1. The van der Waals surface area contributed by atoms with Crippen molar-refractivity contribution in [2.45, 2.75) is 51.0 Å². The summed E-state index contributed by atoms with van der Waals surface area (Å²) >= 11 is 0. The first-order valence-electron chi connectivity index (χ1n) is 17.5. The summed E-state index contributed by atoms with van der Waals surface area (Å²) in [7, 11) is 0. The van der Waals surface area contributed by atoms with Crippen molar-refractivity contribution >= 4 is 35.4 Å². The van der Waals surface area contributed by atoms with Gasteiger partial charge in [-0.15, -0.1) is 10.2 Å². The van der Waals surface area contributed by atoms with Crippen molar-refractivity contribution in [1.29, 1.82) is 0 Å². The summed E-state index contributed by atoms with van der Waals surface area (Å²) in [6, 6.07) is 31.5. The number of carbonyl (C=O) groups is 4. The molecule has 5 aromatic rings. The molecule has 53 heavy (non-hydrogen) atoms. The van der Waals surface area contributed by atoms with E-state index in [2.05, 4.69) is 20.8 Å². The molecule has 2 aliphatic heterocycles. The molecule has 270 valence electrons. The van der Waals surface area contributed by atoms with Crippen molar-refractivity contribution in [1.82, 2.24) is 20.0 Å². The lowest BCUT2D eigenvalue weighted by Crippen LogP contribution is -2.43. The van der Waals surface area contributed by atoms with Gasteiger partial charge in [0.1, 0.15) is 25.3 Å². The van der Waals surface area contributed by atoms with Gasteiger partial charge < -0.3 is 24.5 Å². The van der Waals surface area contributed by atoms with Crippen molar-refractivity contribution in [3.63, 3.8) is 0 Å². The summed E-state index contributed by atoms with van der Waals surface area (Å²) in [4.78, 5) is 54.7. The summed E-state index contributed by atoms with van der Waals surface area (Å²) < 4.78 is 16.9. The topological polar surface area (TPSA) is 156 Å². The molecule has 0 spiro atoms. The number of aromatic nitrogens is 2. The largest absolute Gasteiger partial charge is 0.445 e. The molecular weight excluding hydrogens is 676 g/mol. The first-order valence-corrected chi connectivity index (χ1v) is 17.5. The predicted octanol–water partition coefficient (Wildman–Crippen LogP) is 6.88. The summed E-state index contributed by atoms with van der Waals surface area (Å²) in [5, 5.41) is 14.2. The average Bonchev–Trinajstić information content (AvgIpc) is 4.00. The smallest absolute Gasteiger partial charge is 0.410 e. The van der Waals surface area contributed by atoms with Gasteiger partial charge in [0.15, 0.2) is 0 Å². The molecule has 2 N–H and O–H groups in total. The molecule has 0 bridgehead atoms. The molecule has 4 amide bonds. The molecule has 13 heteroatoms. The van der Waals surface area contributed by atoms with Crippen LogP contribution in [0.2, 0.25) is 0 Å². The van der Waals surface area contributed by atoms with Gasteiger partial charge in [-0.2, -0.15) is 0 Å². The summed E-state index contributed by atoms with van der Waals surface area (Å²) in [5.41, 5.74) is 4.18. The minimum absolute atomic E-state index is 0.142. The van der Waals surface area contributed by atoms with Crippen LogP contribution in [0.5, 0.6) is 0 Å². The average molecular weight is 715 g/mol. The normalized spacial score (nSPS) is 16.6. The van der Waals surface area contributed by atoms with Crippen molar-refractivity contribution in [3.8, 4) is 22.9 Å². The number of nitrogens with zero attached hydrogens (tertiary/aromatic N) is 4. The first kappa shape index (κ1) is 34.9. The van der Waals surface area contributed by atoms with Gasteiger partial charge in [-0.05, 0) is 85.3 Å². The van der Waals surface area contributed by atoms with Crippen LogP contribution >= 0.6 is 0 Å². The third-order valence-electron chi connectivity index (χ3n) is 9.21. The third-order valence-corrected chi connectivity index (χ3v) is 9.21. The van der Waals surface area contributed by atoms with E-state index < -0.39 is 24.3 Å². The van der Waals surface area contributed by atoms with Crippen LogP contribution in [0.15, 0.2) is 114 Å². The number of carbonyl (C=O) groups excluding carboxylic acids is 4. The van der Waals surface area contributed by atoms with Crippen molar-refractivity contribution in [2.24, 2.45) is 0 Å². The fourth-order valence-corrected chi connectivity index (χ4v) is 6.42. The second kappa shape index (κ2) is 16.2. The molecule has 2 atom stereocenters. The third kappa shape index (κ3) is 8.52. The molecule has 2 fully saturated rings. The molecule has 0 radical (unpaired) electrons.